The summed E-state index contributed by atoms with van der Waals surface area (Å²) in [5.74, 6) is -0.165. The Hall–Kier alpha value is -0.234. The van der Waals surface area contributed by atoms with Crippen LogP contribution in [0.25, 0.3) is 0 Å². The van der Waals surface area contributed by atoms with Crippen LogP contribution in [0.3, 0.4) is 0 Å². The molecule has 0 bridgehead atoms. The fourth-order valence-electron chi connectivity index (χ4n) is 2.12. The molecule has 0 atom stereocenters. The van der Waals surface area contributed by atoms with Crippen molar-refractivity contribution in [3.63, 3.8) is 0 Å². The van der Waals surface area contributed by atoms with Gasteiger partial charge in [0.05, 0.1) is 6.61 Å². The van der Waals surface area contributed by atoms with E-state index < -0.39 is 0 Å². The Kier molecular flexibility index (Phi) is 12.1. The third-order valence-electron chi connectivity index (χ3n) is 3.28. The number of rotatable bonds is 4. The standard InChI is InChI=1S/C15H18N.C5H9O2.K/c1-12-6-8-13(9-7-12)16-14-5-4-10-15(2,3)11-14;1-3-7-4-5(2)6;/h5-9H,10-11H2,1-3H3;2-4H2,1H3;/q2*-1;+1. The molecule has 0 fully saturated rings. The number of allylic oxidation sites excluding steroid dienone is 2. The van der Waals surface area contributed by atoms with E-state index in [0.29, 0.717) is 12.0 Å². The Morgan fingerprint density at radius 2 is 1.96 bits per heavy atom. The maximum Gasteiger partial charge on any atom is 1.00 e. The molecule has 126 valence electrons. The molecule has 0 saturated carbocycles. The van der Waals surface area contributed by atoms with Crippen molar-refractivity contribution in [2.24, 2.45) is 10.4 Å². The van der Waals surface area contributed by atoms with Gasteiger partial charge in [0.1, 0.15) is 0 Å². The molecule has 4 heteroatoms. The number of nitrogens with zero attached hydrogens (tertiary/aromatic N) is 1. The van der Waals surface area contributed by atoms with Crippen molar-refractivity contribution in [3.8, 4) is 0 Å². The van der Waals surface area contributed by atoms with E-state index in [0.717, 1.165) is 24.2 Å². The van der Waals surface area contributed by atoms with Crippen molar-refractivity contribution in [2.45, 2.75) is 40.5 Å². The molecule has 1 aliphatic carbocycles. The summed E-state index contributed by atoms with van der Waals surface area (Å²) >= 11 is 0. The monoisotopic (exact) mass is 352 g/mol. The van der Waals surface area contributed by atoms with Gasteiger partial charge in [0.25, 0.3) is 0 Å². The van der Waals surface area contributed by atoms with Gasteiger partial charge in [0, 0.05) is 18.1 Å². The van der Waals surface area contributed by atoms with Gasteiger partial charge in [-0.05, 0) is 26.0 Å². The van der Waals surface area contributed by atoms with E-state index in [1.54, 1.807) is 0 Å². The SMILES string of the molecule is Cc1ccc(N=C2C=[C-]CC(C)(C)C2)cc1.[CH2-]C(=O)COCC.[K+]. The number of carbonyl (C=O) groups is 1. The van der Waals surface area contributed by atoms with Crippen LogP contribution in [0.15, 0.2) is 35.3 Å². The molecule has 1 aromatic carbocycles. The largest absolute Gasteiger partial charge is 1.00 e. The number of Topliss-reactive ketones (excluding diaryl/α,β-unsaturated/α-hetero) is 1. The van der Waals surface area contributed by atoms with Gasteiger partial charge < -0.3 is 21.4 Å². The summed E-state index contributed by atoms with van der Waals surface area (Å²) in [5, 5.41) is 0. The second-order valence-corrected chi connectivity index (χ2v) is 6.48. The molecule has 0 radical (unpaired) electrons. The maximum absolute atomic E-state index is 9.97. The quantitative estimate of drug-likeness (QED) is 0.611. The first kappa shape index (κ1) is 23.8. The van der Waals surface area contributed by atoms with Crippen LogP contribution < -0.4 is 51.4 Å². The summed E-state index contributed by atoms with van der Waals surface area (Å²) < 4.78 is 4.68. The molecule has 2 rings (SSSR count). The smallest absolute Gasteiger partial charge is 0.377 e. The van der Waals surface area contributed by atoms with Crippen LogP contribution in [0.1, 0.15) is 39.2 Å². The van der Waals surface area contributed by atoms with Crippen LogP contribution in [0, 0.1) is 25.3 Å². The first-order valence-corrected chi connectivity index (χ1v) is 7.96. The summed E-state index contributed by atoms with van der Waals surface area (Å²) in [7, 11) is 0. The topological polar surface area (TPSA) is 38.7 Å². The van der Waals surface area contributed by atoms with Crippen LogP contribution in [0.5, 0.6) is 0 Å². The van der Waals surface area contributed by atoms with Gasteiger partial charge in [-0.15, -0.1) is 12.1 Å². The number of aryl methyl sites for hydroxylation is 1. The Morgan fingerprint density at radius 1 is 1.33 bits per heavy atom. The number of hydrogen-bond acceptors (Lipinski definition) is 3. The third-order valence-corrected chi connectivity index (χ3v) is 3.28. The zero-order chi connectivity index (χ0) is 17.3. The van der Waals surface area contributed by atoms with Gasteiger partial charge >= 0.3 is 51.4 Å². The number of aliphatic imine (C=N–C) groups is 1. The zero-order valence-electron chi connectivity index (χ0n) is 15.7. The van der Waals surface area contributed by atoms with Crippen molar-refractivity contribution >= 4 is 17.2 Å². The predicted octanol–water partition coefficient (Wildman–Crippen LogP) is 1.68. The van der Waals surface area contributed by atoms with Gasteiger partial charge in [0.15, 0.2) is 0 Å². The molecule has 3 nitrogen and oxygen atoms in total. The van der Waals surface area contributed by atoms with Crippen molar-refractivity contribution in [2.75, 3.05) is 13.2 Å². The van der Waals surface area contributed by atoms with Crippen LogP contribution in [-0.4, -0.2) is 24.7 Å². The van der Waals surface area contributed by atoms with Gasteiger partial charge in [-0.3, -0.25) is 6.08 Å². The molecule has 0 N–H and O–H groups in total. The van der Waals surface area contributed by atoms with Crippen molar-refractivity contribution in [1.29, 1.82) is 0 Å². The van der Waals surface area contributed by atoms with E-state index in [9.17, 15) is 4.79 Å². The molecule has 0 aliphatic heterocycles. The van der Waals surface area contributed by atoms with E-state index in [1.807, 2.05) is 13.0 Å². The minimum Gasteiger partial charge on any atom is -0.377 e. The fraction of sp³-hybridized carbons (Fsp3) is 0.450. The summed E-state index contributed by atoms with van der Waals surface area (Å²) in [6, 6.07) is 8.33. The minimum atomic E-state index is -0.165. The average molecular weight is 353 g/mol. The molecular formula is C20H27KNO2-. The summed E-state index contributed by atoms with van der Waals surface area (Å²) in [6.45, 7) is 12.3. The summed E-state index contributed by atoms with van der Waals surface area (Å²) in [6.07, 6.45) is 7.40. The first-order valence-electron chi connectivity index (χ1n) is 7.96. The molecule has 0 saturated heterocycles. The van der Waals surface area contributed by atoms with Gasteiger partial charge in [-0.2, -0.15) is 0 Å². The van der Waals surface area contributed by atoms with Gasteiger partial charge in [-0.1, -0.05) is 43.4 Å². The van der Waals surface area contributed by atoms with E-state index in [2.05, 4.69) is 67.8 Å². The van der Waals surface area contributed by atoms with Gasteiger partial charge in [-0.25, -0.2) is 6.08 Å². The van der Waals surface area contributed by atoms with Crippen LogP contribution >= 0.6 is 0 Å². The van der Waals surface area contributed by atoms with E-state index in [4.69, 9.17) is 0 Å². The van der Waals surface area contributed by atoms with E-state index >= 15 is 0 Å². The Balaban J connectivity index is 0.000000570. The number of ether oxygens (including phenoxy) is 1. The molecule has 1 aliphatic rings. The molecule has 0 spiro atoms. The Labute approximate surface area is 189 Å². The average Bonchev–Trinajstić information content (AvgIpc) is 2.47. The Bertz CT molecular complexity index is 560. The number of hydrogen-bond donors (Lipinski definition) is 0. The normalized spacial score (nSPS) is 16.8. The van der Waals surface area contributed by atoms with E-state index in [1.165, 1.54) is 5.56 Å². The second kappa shape index (κ2) is 12.2. The van der Waals surface area contributed by atoms with Crippen molar-refractivity contribution in [1.82, 2.24) is 0 Å². The molecule has 1 aromatic rings. The molecule has 24 heavy (non-hydrogen) atoms. The molecule has 0 amide bonds. The minimum absolute atomic E-state index is 0. The van der Waals surface area contributed by atoms with Crippen molar-refractivity contribution < 1.29 is 60.9 Å². The molecule has 0 heterocycles. The molecular weight excluding hydrogens is 325 g/mol. The third kappa shape index (κ3) is 10.6. The number of carbonyl (C=O) groups excluding carboxylic acids is 1. The molecule has 0 aromatic heterocycles. The second-order valence-electron chi connectivity index (χ2n) is 6.48. The number of benzene rings is 1. The number of ketones is 1. The Morgan fingerprint density at radius 3 is 2.42 bits per heavy atom. The summed E-state index contributed by atoms with van der Waals surface area (Å²) in [4.78, 5) is 14.6. The summed E-state index contributed by atoms with van der Waals surface area (Å²) in [5.41, 5.74) is 3.75. The van der Waals surface area contributed by atoms with Crippen molar-refractivity contribution in [3.05, 3.63) is 48.9 Å². The predicted molar refractivity (Wildman–Crippen MR) is 96.0 cm³/mol. The fourth-order valence-corrected chi connectivity index (χ4v) is 2.12. The van der Waals surface area contributed by atoms with Gasteiger partial charge in [0.2, 0.25) is 0 Å². The van der Waals surface area contributed by atoms with Crippen LogP contribution in [-0.2, 0) is 9.53 Å². The van der Waals surface area contributed by atoms with Crippen LogP contribution in [0.4, 0.5) is 5.69 Å². The first-order chi connectivity index (χ1) is 10.8. The zero-order valence-corrected chi connectivity index (χ0v) is 18.8. The maximum atomic E-state index is 9.97. The van der Waals surface area contributed by atoms with Crippen LogP contribution in [0.2, 0.25) is 0 Å². The van der Waals surface area contributed by atoms with E-state index in [-0.39, 0.29) is 63.8 Å². The molecule has 0 unspecified atom stereocenters.